The first kappa shape index (κ1) is 15.5. The van der Waals surface area contributed by atoms with Gasteiger partial charge in [-0.15, -0.1) is 12.4 Å². The number of rotatable bonds is 4. The fourth-order valence-corrected chi connectivity index (χ4v) is 1.53. The molecule has 1 aromatic rings. The Balaban J connectivity index is 0.00000225. The third-order valence-corrected chi connectivity index (χ3v) is 2.58. The smallest absolute Gasteiger partial charge is 0.0205 e. The van der Waals surface area contributed by atoms with Crippen LogP contribution >= 0.6 is 12.4 Å². The van der Waals surface area contributed by atoms with E-state index in [1.165, 1.54) is 17.5 Å². The molecule has 0 saturated heterocycles. The van der Waals surface area contributed by atoms with Gasteiger partial charge in [0, 0.05) is 6.54 Å². The summed E-state index contributed by atoms with van der Waals surface area (Å²) in [4.78, 5) is 0. The molecule has 1 aromatic carbocycles. The molecule has 1 N–H and O–H groups in total. The highest BCUT2D eigenvalue weighted by atomic mass is 35.5. The lowest BCUT2D eigenvalue weighted by molar-refractivity contribution is 0.589. The summed E-state index contributed by atoms with van der Waals surface area (Å²) in [6, 6.07) is 8.93. The second-order valence-corrected chi connectivity index (χ2v) is 5.12. The van der Waals surface area contributed by atoms with Gasteiger partial charge < -0.3 is 5.32 Å². The van der Waals surface area contributed by atoms with Crippen LogP contribution in [0.15, 0.2) is 24.3 Å². The summed E-state index contributed by atoms with van der Waals surface area (Å²) < 4.78 is 0. The molecule has 1 nitrogen and oxygen atoms in total. The molecule has 0 amide bonds. The van der Waals surface area contributed by atoms with Gasteiger partial charge in [-0.05, 0) is 29.5 Å². The normalized spacial score (nSPS) is 11.0. The van der Waals surface area contributed by atoms with Gasteiger partial charge in [-0.1, -0.05) is 52.0 Å². The van der Waals surface area contributed by atoms with E-state index in [2.05, 4.69) is 57.3 Å². The minimum atomic E-state index is 0. The van der Waals surface area contributed by atoms with Gasteiger partial charge in [-0.3, -0.25) is 0 Å². The Morgan fingerprint density at radius 2 is 1.62 bits per heavy atom. The monoisotopic (exact) mass is 241 g/mol. The van der Waals surface area contributed by atoms with Crippen LogP contribution in [0.4, 0.5) is 0 Å². The van der Waals surface area contributed by atoms with Gasteiger partial charge >= 0.3 is 0 Å². The van der Waals surface area contributed by atoms with Crippen LogP contribution in [0, 0.1) is 0 Å². The van der Waals surface area contributed by atoms with E-state index in [0.29, 0.717) is 0 Å². The van der Waals surface area contributed by atoms with E-state index in [4.69, 9.17) is 0 Å². The van der Waals surface area contributed by atoms with Crippen LogP contribution < -0.4 is 5.32 Å². The molecule has 0 spiro atoms. The van der Waals surface area contributed by atoms with Gasteiger partial charge in [0.05, 0.1) is 0 Å². The van der Waals surface area contributed by atoms with Crippen molar-refractivity contribution in [2.75, 3.05) is 6.54 Å². The van der Waals surface area contributed by atoms with Crippen molar-refractivity contribution in [2.45, 2.75) is 46.1 Å². The molecule has 0 saturated carbocycles. The van der Waals surface area contributed by atoms with Gasteiger partial charge in [0.2, 0.25) is 0 Å². The van der Waals surface area contributed by atoms with Crippen molar-refractivity contribution < 1.29 is 0 Å². The summed E-state index contributed by atoms with van der Waals surface area (Å²) in [5, 5.41) is 3.41. The zero-order valence-corrected chi connectivity index (χ0v) is 11.7. The molecule has 0 atom stereocenters. The fraction of sp³-hybridized carbons (Fsp3) is 0.571. The Morgan fingerprint density at radius 1 is 1.06 bits per heavy atom. The van der Waals surface area contributed by atoms with Gasteiger partial charge in [-0.2, -0.15) is 0 Å². The summed E-state index contributed by atoms with van der Waals surface area (Å²) in [7, 11) is 0. The molecule has 0 unspecified atom stereocenters. The Morgan fingerprint density at radius 3 is 2.06 bits per heavy atom. The number of hydrogen-bond donors (Lipinski definition) is 1. The summed E-state index contributed by atoms with van der Waals surface area (Å²) in [5.74, 6) is 0. The van der Waals surface area contributed by atoms with Crippen molar-refractivity contribution >= 4 is 12.4 Å². The first-order valence-corrected chi connectivity index (χ1v) is 5.84. The first-order valence-electron chi connectivity index (χ1n) is 5.84. The van der Waals surface area contributed by atoms with Crippen molar-refractivity contribution in [3.8, 4) is 0 Å². The van der Waals surface area contributed by atoms with E-state index in [1.54, 1.807) is 0 Å². The predicted molar refractivity (Wildman–Crippen MR) is 74.4 cm³/mol. The molecule has 0 bridgehead atoms. The molecule has 0 aliphatic rings. The van der Waals surface area contributed by atoms with E-state index >= 15 is 0 Å². The molecule has 92 valence electrons. The zero-order chi connectivity index (χ0) is 11.3. The van der Waals surface area contributed by atoms with Crippen LogP contribution in [0.25, 0.3) is 0 Å². The average molecular weight is 242 g/mol. The molecule has 0 aromatic heterocycles. The van der Waals surface area contributed by atoms with E-state index < -0.39 is 0 Å². The first-order chi connectivity index (χ1) is 7.04. The van der Waals surface area contributed by atoms with E-state index in [0.717, 1.165) is 13.1 Å². The van der Waals surface area contributed by atoms with Crippen molar-refractivity contribution in [1.29, 1.82) is 0 Å². The Hall–Kier alpha value is -0.530. The summed E-state index contributed by atoms with van der Waals surface area (Å²) in [6.45, 7) is 11.0. The van der Waals surface area contributed by atoms with E-state index in [9.17, 15) is 0 Å². The molecule has 0 heterocycles. The molecule has 1 rings (SSSR count). The molecule has 0 aliphatic carbocycles. The highest BCUT2D eigenvalue weighted by molar-refractivity contribution is 5.85. The van der Waals surface area contributed by atoms with E-state index in [-0.39, 0.29) is 17.8 Å². The second-order valence-electron chi connectivity index (χ2n) is 5.12. The van der Waals surface area contributed by atoms with Gasteiger partial charge in [0.1, 0.15) is 0 Å². The lowest BCUT2D eigenvalue weighted by Gasteiger charge is -2.19. The van der Waals surface area contributed by atoms with E-state index in [1.807, 2.05) is 0 Å². The predicted octanol–water partition coefficient (Wildman–Crippen LogP) is 3.91. The molecule has 16 heavy (non-hydrogen) atoms. The van der Waals surface area contributed by atoms with Crippen LogP contribution in [0.5, 0.6) is 0 Å². The molecule has 0 aliphatic heterocycles. The largest absolute Gasteiger partial charge is 0.313 e. The van der Waals surface area contributed by atoms with Gasteiger partial charge in [0.25, 0.3) is 0 Å². The molecule has 2 heteroatoms. The average Bonchev–Trinajstić information content (AvgIpc) is 2.18. The third kappa shape index (κ3) is 5.00. The zero-order valence-electron chi connectivity index (χ0n) is 10.8. The number of halogens is 1. The van der Waals surface area contributed by atoms with Crippen LogP contribution in [0.1, 0.15) is 45.2 Å². The minimum Gasteiger partial charge on any atom is -0.313 e. The van der Waals surface area contributed by atoms with Crippen LogP contribution in [0.2, 0.25) is 0 Å². The van der Waals surface area contributed by atoms with Crippen molar-refractivity contribution in [3.63, 3.8) is 0 Å². The van der Waals surface area contributed by atoms with Crippen molar-refractivity contribution in [2.24, 2.45) is 0 Å². The number of benzene rings is 1. The summed E-state index contributed by atoms with van der Waals surface area (Å²) in [6.07, 6.45) is 1.19. The molecular formula is C14H24ClN. The summed E-state index contributed by atoms with van der Waals surface area (Å²) in [5.41, 5.74) is 3.04. The maximum atomic E-state index is 3.41. The molecule has 0 fully saturated rings. The van der Waals surface area contributed by atoms with Gasteiger partial charge in [0.15, 0.2) is 0 Å². The lowest BCUT2D eigenvalue weighted by atomic mass is 9.87. The lowest BCUT2D eigenvalue weighted by Crippen LogP contribution is -2.14. The van der Waals surface area contributed by atoms with Crippen molar-refractivity contribution in [1.82, 2.24) is 5.32 Å². The topological polar surface area (TPSA) is 12.0 Å². The van der Waals surface area contributed by atoms with Crippen LogP contribution in [-0.2, 0) is 12.0 Å². The maximum absolute atomic E-state index is 3.41. The SMILES string of the molecule is CCCNCc1ccc(C(C)(C)C)cc1.Cl. The Kier molecular flexibility index (Phi) is 6.70. The van der Waals surface area contributed by atoms with Crippen LogP contribution in [0.3, 0.4) is 0 Å². The van der Waals surface area contributed by atoms with Crippen LogP contribution in [-0.4, -0.2) is 6.54 Å². The minimum absolute atomic E-state index is 0. The van der Waals surface area contributed by atoms with Crippen molar-refractivity contribution in [3.05, 3.63) is 35.4 Å². The highest BCUT2D eigenvalue weighted by Gasteiger charge is 2.12. The molecular weight excluding hydrogens is 218 g/mol. The second kappa shape index (κ2) is 6.93. The maximum Gasteiger partial charge on any atom is 0.0205 e. The summed E-state index contributed by atoms with van der Waals surface area (Å²) >= 11 is 0. The standard InChI is InChI=1S/C14H23N.ClH/c1-5-10-15-11-12-6-8-13(9-7-12)14(2,3)4;/h6-9,15H,5,10-11H2,1-4H3;1H. The third-order valence-electron chi connectivity index (χ3n) is 2.58. The number of hydrogen-bond acceptors (Lipinski definition) is 1. The number of nitrogens with one attached hydrogen (secondary N) is 1. The fourth-order valence-electron chi connectivity index (χ4n) is 1.53. The quantitative estimate of drug-likeness (QED) is 0.789. The Labute approximate surface area is 106 Å². The molecule has 0 radical (unpaired) electrons. The Bertz CT molecular complexity index is 285. The highest BCUT2D eigenvalue weighted by Crippen LogP contribution is 2.21. The van der Waals surface area contributed by atoms with Gasteiger partial charge in [-0.25, -0.2) is 0 Å².